The summed E-state index contributed by atoms with van der Waals surface area (Å²) in [5, 5.41) is 5.61. The maximum absolute atomic E-state index is 10.6. The summed E-state index contributed by atoms with van der Waals surface area (Å²) in [6.07, 6.45) is 0. The maximum Gasteiger partial charge on any atom is 0.252 e. The summed E-state index contributed by atoms with van der Waals surface area (Å²) < 4.78 is 167. The predicted molar refractivity (Wildman–Crippen MR) is 570 cm³/mol. The van der Waals surface area contributed by atoms with Crippen molar-refractivity contribution in [1.29, 1.82) is 0 Å². The van der Waals surface area contributed by atoms with Crippen molar-refractivity contribution in [2.75, 3.05) is 9.80 Å². The lowest BCUT2D eigenvalue weighted by Gasteiger charge is -2.46. The first-order chi connectivity index (χ1) is 70.1. The zero-order valence-corrected chi connectivity index (χ0v) is 78.8. The summed E-state index contributed by atoms with van der Waals surface area (Å²) in [4.78, 5) is 4.81. The van der Waals surface area contributed by atoms with E-state index in [-0.39, 0.29) is 102 Å². The van der Waals surface area contributed by atoms with E-state index < -0.39 is 76.7 Å². The molecule has 2 aliphatic heterocycles. The summed E-state index contributed by atoms with van der Waals surface area (Å²) in [6.45, 7) is 37.1. The average molecular weight is 1750 g/mol. The average Bonchev–Trinajstić information content (AvgIpc) is 0.887. The van der Waals surface area contributed by atoms with Crippen molar-refractivity contribution < 1.29 is 32.4 Å². The molecule has 0 bridgehead atoms. The topological polar surface area (TPSA) is 55.8 Å². The maximum atomic E-state index is 10.6. The fourth-order valence-electron chi connectivity index (χ4n) is 20.8. The van der Waals surface area contributed by atoms with Crippen LogP contribution in [0, 0.1) is 0 Å². The fourth-order valence-corrected chi connectivity index (χ4v) is 20.8. The second-order valence-corrected chi connectivity index (χ2v) is 42.9. The molecule has 0 radical (unpaired) electrons. The van der Waals surface area contributed by atoms with Gasteiger partial charge in [-0.3, -0.25) is 0 Å². The van der Waals surface area contributed by atoms with Gasteiger partial charge in [0.1, 0.15) is 33.5 Å². The third kappa shape index (κ3) is 13.0. The number of hydrogen-bond donors (Lipinski definition) is 0. The molecule has 0 atom stereocenters. The first-order valence-electron chi connectivity index (χ1n) is 53.6. The molecule has 7 heterocycles. The SMILES string of the molecule is [2H]c1c([2H])c([2H])c2c(c1[2H])c1c([2H])c(C(C)(C)C)c([2H])c([2H])c1n2-c1ccc2c(c1)N(c1c(-c3ccc(C(C)(C)C)cc3)cc(C(C)(C)C)cc1-c1cccc3c1oc1ccccc13)c1cc(-c3ccc4oc5ccccc5c4c3)cc3c1B2c1ccc(-n2c4c([2H])c([2H])c([2H])c([2H])c4c4c([2H])c(C(C)(C)C)c([2H])c([2H])c42)cc1N3c1c(-c2ccc(C(C)(C)C)cc2)cc(C(C)(C)C)cc1-c1cccc2c1oc1ccccc12. The minimum atomic E-state index is -0.897. The Kier molecular flexibility index (Phi) is 15.0. The summed E-state index contributed by atoms with van der Waals surface area (Å²) in [5.41, 5.74) is 20.1. The van der Waals surface area contributed by atoms with Gasteiger partial charge >= 0.3 is 0 Å². The minimum Gasteiger partial charge on any atom is -0.456 e. The van der Waals surface area contributed by atoms with E-state index in [2.05, 4.69) is 269 Å². The monoisotopic (exact) mass is 1750 g/mol. The first-order valence-corrected chi connectivity index (χ1v) is 46.6. The number of benzene rings is 17. The van der Waals surface area contributed by atoms with Crippen LogP contribution in [-0.4, -0.2) is 15.8 Å². The van der Waals surface area contributed by atoms with Crippen molar-refractivity contribution in [3.8, 4) is 67.0 Å². The predicted octanol–water partition coefficient (Wildman–Crippen LogP) is 33.8. The van der Waals surface area contributed by atoms with Gasteiger partial charge in [0.05, 0.1) is 52.6 Å². The Labute approximate surface area is 804 Å². The van der Waals surface area contributed by atoms with E-state index in [1.54, 1.807) is 9.13 Å². The number of nitrogens with zero attached hydrogens (tertiary/aromatic N) is 4. The van der Waals surface area contributed by atoms with E-state index in [4.69, 9.17) is 13.3 Å². The Hall–Kier alpha value is -14.6. The van der Waals surface area contributed by atoms with Crippen LogP contribution >= 0.6 is 0 Å². The van der Waals surface area contributed by atoms with E-state index in [0.29, 0.717) is 79.0 Å². The Morgan fingerprint density at radius 1 is 0.246 bits per heavy atom. The van der Waals surface area contributed by atoms with Crippen LogP contribution in [0.3, 0.4) is 0 Å². The number of rotatable bonds is 9. The molecule has 22 aromatic rings. The molecule has 134 heavy (non-hydrogen) atoms. The number of fused-ring (bicyclic) bond motifs is 19. The number of aromatic nitrogens is 2. The third-order valence-electron chi connectivity index (χ3n) is 28.0. The van der Waals surface area contributed by atoms with Crippen LogP contribution in [-0.2, 0) is 32.5 Å². The van der Waals surface area contributed by atoms with Crippen molar-refractivity contribution in [3.63, 3.8) is 0 Å². The van der Waals surface area contributed by atoms with Crippen molar-refractivity contribution in [2.24, 2.45) is 0 Å². The Balaban J connectivity index is 0.952. The van der Waals surface area contributed by atoms with Gasteiger partial charge in [0.25, 0.3) is 6.71 Å². The lowest BCUT2D eigenvalue weighted by molar-refractivity contribution is 0.589. The van der Waals surface area contributed by atoms with Gasteiger partial charge in [0.2, 0.25) is 0 Å². The van der Waals surface area contributed by atoms with Crippen molar-refractivity contribution in [3.05, 3.63) is 367 Å². The fraction of sp³-hybridized carbons (Fsp3) is 0.190. The normalized spacial score (nSPS) is 14.9. The molecule has 7 nitrogen and oxygen atoms in total. The second kappa shape index (κ2) is 29.5. The van der Waals surface area contributed by atoms with E-state index in [1.807, 2.05) is 114 Å². The standard InChI is InChI=1S/C126H109BN4O3/c1-121(2,3)78-50-45-74(46-51-78)95-68-82(125(13,14)15)70-100(93-38-29-36-91-88-33-21-27-43-113(88)133-119(91)93)117(95)130-108-72-84(128-104-40-24-19-31-86(104)97-66-80(123(7,8)9)54-60-106(97)128)56-58-102(108)127-103-59-57-85(129-105-41-25-20-32-87(105)98-67-81(124(10,11)12)55-61-107(98)129)73-109(103)131(111-65-77(64-110(130)116(111)127)76-49-62-115-99(63-76)90-35-23-26-42-112(90)132-115)118-96(75-47-52-79(53-48-75)122(4,5)6)69-83(126(16,17)18)71-101(118)94-39-30-37-92-89-34-22-28-44-114(89)134-120(92)94/h19-73H,1-18H3/i19D,20D,24D,25D,31D,32D,40D,41D,54D,55D,60D,61D,66D,67D. The van der Waals surface area contributed by atoms with Crippen LogP contribution in [0.5, 0.6) is 0 Å². The highest BCUT2D eigenvalue weighted by atomic mass is 16.3. The number of furan rings is 3. The van der Waals surface area contributed by atoms with Crippen LogP contribution in [0.25, 0.3) is 176 Å². The van der Waals surface area contributed by atoms with Gasteiger partial charge in [-0.05, 0) is 232 Å². The zero-order chi connectivity index (χ0) is 104. The molecule has 2 aliphatic rings. The van der Waals surface area contributed by atoms with Crippen LogP contribution in [0.1, 0.15) is 177 Å². The molecule has 0 unspecified atom stereocenters. The second-order valence-electron chi connectivity index (χ2n) is 42.9. The van der Waals surface area contributed by atoms with E-state index in [9.17, 15) is 19.2 Å². The minimum absolute atomic E-state index is 0.00596. The quantitative estimate of drug-likeness (QED) is 0.135. The molecule has 24 rings (SSSR count). The summed E-state index contributed by atoms with van der Waals surface area (Å²) in [7, 11) is 0. The Morgan fingerprint density at radius 3 is 1.04 bits per heavy atom. The highest BCUT2D eigenvalue weighted by Gasteiger charge is 2.47. The molecular formula is C126H109BN4O3. The molecule has 0 saturated heterocycles. The molecular weight excluding hydrogens is 1630 g/mol. The third-order valence-corrected chi connectivity index (χ3v) is 28.0. The summed E-state index contributed by atoms with van der Waals surface area (Å²) in [6, 6.07) is 82.3. The Bertz CT molecular complexity index is 9130. The number of para-hydroxylation sites is 7. The van der Waals surface area contributed by atoms with Gasteiger partial charge in [0.15, 0.2) is 0 Å². The molecule has 17 aromatic carbocycles. The lowest BCUT2D eigenvalue weighted by atomic mass is 9.33. The molecule has 0 fully saturated rings. The lowest BCUT2D eigenvalue weighted by Crippen LogP contribution is -2.61. The Morgan fingerprint density at radius 2 is 0.612 bits per heavy atom. The van der Waals surface area contributed by atoms with Gasteiger partial charge in [-0.25, -0.2) is 0 Å². The molecule has 0 N–H and O–H groups in total. The first kappa shape index (κ1) is 68.4. The van der Waals surface area contributed by atoms with E-state index in [1.165, 1.54) is 0 Å². The van der Waals surface area contributed by atoms with Crippen molar-refractivity contribution >= 4 is 167 Å². The highest BCUT2D eigenvalue weighted by molar-refractivity contribution is 7.00. The largest absolute Gasteiger partial charge is 0.456 e. The molecule has 0 amide bonds. The smallest absolute Gasteiger partial charge is 0.252 e. The summed E-state index contributed by atoms with van der Waals surface area (Å²) in [5.74, 6) is 0. The van der Waals surface area contributed by atoms with E-state index in [0.717, 1.165) is 127 Å². The molecule has 654 valence electrons. The van der Waals surface area contributed by atoms with Crippen LogP contribution in [0.15, 0.2) is 347 Å². The van der Waals surface area contributed by atoms with Gasteiger partial charge < -0.3 is 32.2 Å². The number of anilines is 6. The van der Waals surface area contributed by atoms with E-state index >= 15 is 0 Å². The molecule has 0 aliphatic carbocycles. The van der Waals surface area contributed by atoms with Crippen molar-refractivity contribution in [1.82, 2.24) is 9.13 Å². The highest BCUT2D eigenvalue weighted by Crippen LogP contribution is 2.58. The summed E-state index contributed by atoms with van der Waals surface area (Å²) >= 11 is 0. The zero-order valence-electron chi connectivity index (χ0n) is 92.8. The van der Waals surface area contributed by atoms with Gasteiger partial charge in [-0.1, -0.05) is 331 Å². The van der Waals surface area contributed by atoms with Crippen LogP contribution in [0.2, 0.25) is 0 Å². The molecule has 0 saturated carbocycles. The van der Waals surface area contributed by atoms with Crippen molar-refractivity contribution in [2.45, 2.75) is 157 Å². The van der Waals surface area contributed by atoms with Crippen LogP contribution in [0.4, 0.5) is 34.1 Å². The van der Waals surface area contributed by atoms with Gasteiger partial charge in [-0.2, -0.15) is 0 Å². The molecule has 8 heteroatoms. The van der Waals surface area contributed by atoms with Gasteiger partial charge in [0, 0.05) is 121 Å². The van der Waals surface area contributed by atoms with Crippen LogP contribution < -0.4 is 26.2 Å². The molecule has 0 spiro atoms. The number of hydrogen-bond acceptors (Lipinski definition) is 5. The molecule has 5 aromatic heterocycles. The van der Waals surface area contributed by atoms with Gasteiger partial charge in [-0.15, -0.1) is 0 Å².